The molecule has 8 bridgehead atoms. The third-order valence-corrected chi connectivity index (χ3v) is 15.1. The van der Waals surface area contributed by atoms with Crippen molar-refractivity contribution in [1.29, 1.82) is 0 Å². The Morgan fingerprint density at radius 3 is 1.08 bits per heavy atom. The minimum Gasteiger partial charge on any atom is -0.0907 e. The second-order valence-corrected chi connectivity index (χ2v) is 16.0. The highest BCUT2D eigenvalue weighted by atomic mass is 31.1. The van der Waals surface area contributed by atoms with Crippen molar-refractivity contribution in [3.63, 3.8) is 0 Å². The van der Waals surface area contributed by atoms with Crippen molar-refractivity contribution in [2.24, 2.45) is 35.5 Å². The maximum Gasteiger partial charge on any atom is -0.00790 e. The van der Waals surface area contributed by atoms with Gasteiger partial charge < -0.3 is 0 Å². The average Bonchev–Trinajstić information content (AvgIpc) is 3.05. The summed E-state index contributed by atoms with van der Waals surface area (Å²) in [4.78, 5) is 0. The van der Waals surface area contributed by atoms with E-state index in [1.165, 1.54) is 41.2 Å². The lowest BCUT2D eigenvalue weighted by Gasteiger charge is -2.69. The van der Waals surface area contributed by atoms with Crippen LogP contribution in [0.5, 0.6) is 0 Å². The maximum absolute atomic E-state index is 1.71. The molecule has 0 unspecified atom stereocenters. The van der Waals surface area contributed by atoms with Crippen molar-refractivity contribution >= 4 is 7.92 Å². The van der Waals surface area contributed by atoms with E-state index in [1.54, 1.807) is 103 Å². The first-order valence-electron chi connectivity index (χ1n) is 12.5. The van der Waals surface area contributed by atoms with Gasteiger partial charge in [-0.2, -0.15) is 0 Å². The number of hydrogen-bond donors (Lipinski definition) is 0. The maximum atomic E-state index is 1.71. The average molecular weight is 371 g/mol. The molecule has 0 aliphatic heterocycles. The van der Waals surface area contributed by atoms with Gasteiger partial charge in [-0.3, -0.25) is 0 Å². The molecule has 0 atom stereocenters. The summed E-state index contributed by atoms with van der Waals surface area (Å²) in [7, 11) is 0.290. The van der Waals surface area contributed by atoms with Crippen molar-refractivity contribution in [1.82, 2.24) is 0 Å². The highest BCUT2D eigenvalue weighted by Gasteiger charge is 2.63. The molecule has 1 heteroatoms. The largest absolute Gasteiger partial charge is 0.0907 e. The second-order valence-electron chi connectivity index (χ2n) is 12.6. The van der Waals surface area contributed by atoms with Gasteiger partial charge in [0.25, 0.3) is 0 Å². The van der Waals surface area contributed by atoms with Crippen LogP contribution >= 0.6 is 7.92 Å². The van der Waals surface area contributed by atoms with E-state index in [9.17, 15) is 0 Å². The van der Waals surface area contributed by atoms with Gasteiger partial charge in [-0.05, 0) is 141 Å². The zero-order chi connectivity index (χ0) is 16.9. The molecule has 0 saturated heterocycles. The predicted octanol–water partition coefficient (Wildman–Crippen LogP) is 7.35. The molecular weight excluding hydrogens is 331 g/mol. The summed E-state index contributed by atoms with van der Waals surface area (Å²) in [6.45, 7) is 0. The molecule has 9 saturated carbocycles. The van der Waals surface area contributed by atoms with Crippen LogP contribution in [0.25, 0.3) is 0 Å². The van der Waals surface area contributed by atoms with Crippen molar-refractivity contribution < 1.29 is 0 Å². The summed E-state index contributed by atoms with van der Waals surface area (Å²) in [5, 5.41) is 1.79. The van der Waals surface area contributed by atoms with E-state index >= 15 is 0 Å². The molecule has 0 aromatic rings. The fourth-order valence-electron chi connectivity index (χ4n) is 11.2. The molecule has 0 nitrogen and oxygen atoms in total. The summed E-state index contributed by atoms with van der Waals surface area (Å²) in [6, 6.07) is 0. The molecule has 26 heavy (non-hydrogen) atoms. The first-order chi connectivity index (χ1) is 12.7. The van der Waals surface area contributed by atoms with Gasteiger partial charge in [0, 0.05) is 0 Å². The summed E-state index contributed by atoms with van der Waals surface area (Å²) in [5.41, 5.74) is 1.21. The standard InChI is InChI=1S/C25H39P/c1-2-4-23(3-1)26(24-11-17-5-18(12-24)7-19(6-17)13-24)25-14-20-8-21(15-25)10-22(9-20)16-25/h17-23H,1-16H2. The first kappa shape index (κ1) is 16.3. The van der Waals surface area contributed by atoms with Gasteiger partial charge in [-0.1, -0.05) is 20.8 Å². The van der Waals surface area contributed by atoms with Crippen LogP contribution in [0.15, 0.2) is 0 Å². The van der Waals surface area contributed by atoms with Gasteiger partial charge in [-0.25, -0.2) is 0 Å². The Labute approximate surface area is 162 Å². The van der Waals surface area contributed by atoms with Gasteiger partial charge >= 0.3 is 0 Å². The Bertz CT molecular complexity index is 470. The smallest absolute Gasteiger partial charge is 0.00790 e. The molecule has 0 spiro atoms. The lowest BCUT2D eigenvalue weighted by molar-refractivity contribution is 0.0178. The van der Waals surface area contributed by atoms with Crippen molar-refractivity contribution in [3.8, 4) is 0 Å². The zero-order valence-corrected chi connectivity index (χ0v) is 17.7. The van der Waals surface area contributed by atoms with E-state index < -0.39 is 0 Å². The molecular formula is C25H39P. The van der Waals surface area contributed by atoms with E-state index in [2.05, 4.69) is 0 Å². The van der Waals surface area contributed by atoms with Crippen LogP contribution in [0.1, 0.15) is 103 Å². The molecule has 0 amide bonds. The monoisotopic (exact) mass is 370 g/mol. The quantitative estimate of drug-likeness (QED) is 0.456. The van der Waals surface area contributed by atoms with E-state index in [-0.39, 0.29) is 0 Å². The molecule has 9 aliphatic rings. The Balaban J connectivity index is 1.32. The molecule has 0 aromatic heterocycles. The van der Waals surface area contributed by atoms with Crippen molar-refractivity contribution in [2.45, 2.75) is 119 Å². The zero-order valence-electron chi connectivity index (χ0n) is 16.8. The van der Waals surface area contributed by atoms with Crippen molar-refractivity contribution in [3.05, 3.63) is 0 Å². The van der Waals surface area contributed by atoms with Crippen LogP contribution in [-0.4, -0.2) is 16.0 Å². The third kappa shape index (κ3) is 2.24. The molecule has 0 heterocycles. The van der Waals surface area contributed by atoms with Gasteiger partial charge in [-0.15, -0.1) is 0 Å². The van der Waals surface area contributed by atoms with Crippen LogP contribution in [0.3, 0.4) is 0 Å². The highest BCUT2D eigenvalue weighted by molar-refractivity contribution is 7.61. The minimum absolute atomic E-state index is 0.290. The van der Waals surface area contributed by atoms with Crippen molar-refractivity contribution in [2.75, 3.05) is 0 Å². The van der Waals surface area contributed by atoms with E-state index in [0.717, 1.165) is 10.3 Å². The van der Waals surface area contributed by atoms with E-state index in [4.69, 9.17) is 0 Å². The van der Waals surface area contributed by atoms with E-state index in [1.807, 2.05) is 0 Å². The molecule has 0 N–H and O–H groups in total. The Morgan fingerprint density at radius 2 is 0.769 bits per heavy atom. The molecule has 0 aromatic carbocycles. The van der Waals surface area contributed by atoms with Crippen LogP contribution in [0, 0.1) is 35.5 Å². The lowest BCUT2D eigenvalue weighted by Crippen LogP contribution is -2.57. The number of hydrogen-bond acceptors (Lipinski definition) is 0. The molecule has 9 aliphatic carbocycles. The van der Waals surface area contributed by atoms with Gasteiger partial charge in [0.1, 0.15) is 0 Å². The summed E-state index contributed by atoms with van der Waals surface area (Å²) in [5.74, 6) is 7.01. The SMILES string of the molecule is C1CCC(P(C23CC4CC(CC(C4)C2)C3)C23CC4CC(CC(C4)C2)C3)C1. The molecule has 144 valence electrons. The number of rotatable bonds is 3. The normalized spacial score (nSPS) is 58.6. The molecule has 9 fully saturated rings. The highest BCUT2D eigenvalue weighted by Crippen LogP contribution is 2.81. The van der Waals surface area contributed by atoms with Crippen LogP contribution < -0.4 is 0 Å². The van der Waals surface area contributed by atoms with Crippen LogP contribution in [-0.2, 0) is 0 Å². The second kappa shape index (κ2) is 5.52. The van der Waals surface area contributed by atoms with Crippen LogP contribution in [0.2, 0.25) is 0 Å². The summed E-state index contributed by atoms with van der Waals surface area (Å²) < 4.78 is 0. The Kier molecular flexibility index (Phi) is 3.45. The fourth-order valence-corrected chi connectivity index (χ4v) is 17.3. The minimum atomic E-state index is 0.290. The summed E-state index contributed by atoms with van der Waals surface area (Å²) >= 11 is 0. The first-order valence-corrected chi connectivity index (χ1v) is 13.9. The molecule has 9 rings (SSSR count). The van der Waals surface area contributed by atoms with Gasteiger partial charge in [0.15, 0.2) is 0 Å². The fraction of sp³-hybridized carbons (Fsp3) is 1.00. The third-order valence-electron chi connectivity index (χ3n) is 10.7. The molecule has 0 radical (unpaired) electrons. The Hall–Kier alpha value is 0.430. The predicted molar refractivity (Wildman–Crippen MR) is 111 cm³/mol. The Morgan fingerprint density at radius 1 is 0.462 bits per heavy atom. The topological polar surface area (TPSA) is 0 Å². The lowest BCUT2D eigenvalue weighted by atomic mass is 9.55. The van der Waals surface area contributed by atoms with E-state index in [0.29, 0.717) is 7.92 Å². The van der Waals surface area contributed by atoms with Crippen LogP contribution in [0.4, 0.5) is 0 Å². The van der Waals surface area contributed by atoms with Gasteiger partial charge in [0.05, 0.1) is 0 Å². The summed E-state index contributed by atoms with van der Waals surface area (Å²) in [6.07, 6.45) is 26.6. The van der Waals surface area contributed by atoms with Gasteiger partial charge in [0.2, 0.25) is 0 Å².